The van der Waals surface area contributed by atoms with Gasteiger partial charge in [0, 0.05) is 12.2 Å². The molecule has 46 heavy (non-hydrogen) atoms. The number of oxazole rings is 2. The zero-order chi connectivity index (χ0) is 33.8. The zero-order valence-electron chi connectivity index (χ0n) is 27.2. The van der Waals surface area contributed by atoms with Gasteiger partial charge in [0.1, 0.15) is 22.2 Å². The average Bonchev–Trinajstić information content (AvgIpc) is 3.51. The Morgan fingerprint density at radius 2 is 1.35 bits per heavy atom. The van der Waals surface area contributed by atoms with Crippen molar-refractivity contribution in [1.82, 2.24) is 9.97 Å². The van der Waals surface area contributed by atoms with Crippen LogP contribution in [0.4, 0.5) is 21.6 Å². The highest BCUT2D eigenvalue weighted by molar-refractivity contribution is 6.61. The van der Waals surface area contributed by atoms with Crippen molar-refractivity contribution in [2.24, 2.45) is 0 Å². The normalized spacial score (nSPS) is 12.8. The highest BCUT2D eigenvalue weighted by Crippen LogP contribution is 2.23. The second-order valence-corrected chi connectivity index (χ2v) is 12.8. The number of fused-ring (bicyclic) bond motifs is 2. The zero-order valence-corrected chi connectivity index (χ0v) is 27.2. The minimum Gasteiger partial charge on any atom is -0.443 e. The Bertz CT molecular complexity index is 1660. The summed E-state index contributed by atoms with van der Waals surface area (Å²) < 4.78 is 34.4. The molecule has 1 atom stereocenters. The largest absolute Gasteiger partial charge is 0.494 e. The molecule has 2 aromatic carbocycles. The molecule has 2 amide bonds. The average molecular weight is 638 g/mol. The maximum Gasteiger partial charge on any atom is 0.494 e. The van der Waals surface area contributed by atoms with Gasteiger partial charge in [0.2, 0.25) is 0 Å². The van der Waals surface area contributed by atoms with Crippen LogP contribution >= 0.6 is 0 Å². The molecule has 0 aliphatic heterocycles. The van der Waals surface area contributed by atoms with E-state index in [0.717, 1.165) is 0 Å². The second-order valence-electron chi connectivity index (χ2n) is 12.8. The number of carbonyl (C=O) groups is 2. The summed E-state index contributed by atoms with van der Waals surface area (Å²) in [5, 5.41) is 23.7. The van der Waals surface area contributed by atoms with Gasteiger partial charge in [-0.1, -0.05) is 12.1 Å². The van der Waals surface area contributed by atoms with Gasteiger partial charge in [-0.15, -0.1) is 0 Å². The molecule has 0 aliphatic carbocycles. The third-order valence-corrected chi connectivity index (χ3v) is 6.48. The second kappa shape index (κ2) is 14.1. The molecule has 2 aromatic heterocycles. The minimum atomic E-state index is -1.65. The van der Waals surface area contributed by atoms with Gasteiger partial charge in [0.05, 0.1) is 0 Å². The van der Waals surface area contributed by atoms with Crippen molar-refractivity contribution < 1.29 is 47.3 Å². The number of hydrogen-bond donors (Lipinski definition) is 4. The van der Waals surface area contributed by atoms with Crippen molar-refractivity contribution in [3.63, 3.8) is 0 Å². The predicted octanol–water partition coefficient (Wildman–Crippen LogP) is 4.33. The van der Waals surface area contributed by atoms with Crippen LogP contribution in [0.1, 0.15) is 68.2 Å². The molecule has 0 spiro atoms. The number of aromatic nitrogens is 2. The fourth-order valence-corrected chi connectivity index (χ4v) is 4.38. The monoisotopic (exact) mass is 638 g/mol. The fraction of sp³-hybridized carbons (Fsp3) is 0.467. The molecule has 2 heterocycles. The van der Waals surface area contributed by atoms with Crippen LogP contribution in [-0.4, -0.2) is 69.8 Å². The molecule has 16 heteroatoms. The predicted molar refractivity (Wildman–Crippen MR) is 173 cm³/mol. The van der Waals surface area contributed by atoms with Gasteiger partial charge in [0.15, 0.2) is 11.2 Å². The van der Waals surface area contributed by atoms with Crippen molar-refractivity contribution in [2.75, 3.05) is 10.6 Å². The number of hydrogen-bond acceptors (Lipinski definition) is 12. The Labute approximate surface area is 267 Å². The van der Waals surface area contributed by atoms with E-state index < -0.39 is 37.6 Å². The first-order chi connectivity index (χ1) is 21.5. The summed E-state index contributed by atoms with van der Waals surface area (Å²) in [6, 6.07) is 9.70. The summed E-state index contributed by atoms with van der Waals surface area (Å²) >= 11 is 0. The molecule has 14 nitrogen and oxygen atoms in total. The molecule has 1 unspecified atom stereocenters. The van der Waals surface area contributed by atoms with E-state index in [-0.39, 0.29) is 29.7 Å². The maximum atomic E-state index is 12.6. The minimum absolute atomic E-state index is 0.00931. The smallest absolute Gasteiger partial charge is 0.443 e. The van der Waals surface area contributed by atoms with Gasteiger partial charge >= 0.3 is 38.5 Å². The lowest BCUT2D eigenvalue weighted by Crippen LogP contribution is -2.41. The van der Waals surface area contributed by atoms with Gasteiger partial charge < -0.3 is 37.7 Å². The summed E-state index contributed by atoms with van der Waals surface area (Å²) in [6.45, 7) is 14.6. The van der Waals surface area contributed by atoms with Crippen molar-refractivity contribution in [3.8, 4) is 0 Å². The maximum absolute atomic E-state index is 12.6. The Hall–Kier alpha value is -4.11. The van der Waals surface area contributed by atoms with E-state index in [2.05, 4.69) is 20.6 Å². The van der Waals surface area contributed by atoms with Gasteiger partial charge in [0.25, 0.3) is 0 Å². The SMILES string of the molecule is CC(C)OB(OC(C)CCC(C)(C)OC(=O)Nc1nc2cc(B(O)O)ccc2o1)c1ccc2oc(NC(=O)OC(C)(C)C)nc2c1. The first kappa shape index (κ1) is 34.8. The summed E-state index contributed by atoms with van der Waals surface area (Å²) in [4.78, 5) is 33.3. The molecule has 4 N–H and O–H groups in total. The number of nitrogens with zero attached hydrogens (tertiary/aromatic N) is 2. The molecule has 4 rings (SSSR count). The Morgan fingerprint density at radius 3 is 1.87 bits per heavy atom. The Morgan fingerprint density at radius 1 is 0.826 bits per heavy atom. The number of amides is 2. The van der Waals surface area contributed by atoms with Crippen LogP contribution < -0.4 is 21.6 Å². The van der Waals surface area contributed by atoms with E-state index in [1.165, 1.54) is 18.2 Å². The van der Waals surface area contributed by atoms with Gasteiger partial charge in [-0.3, -0.25) is 0 Å². The first-order valence-electron chi connectivity index (χ1n) is 14.9. The van der Waals surface area contributed by atoms with E-state index in [1.807, 2.05) is 20.8 Å². The van der Waals surface area contributed by atoms with Crippen LogP contribution in [0.15, 0.2) is 45.2 Å². The van der Waals surface area contributed by atoms with Crippen LogP contribution in [0.2, 0.25) is 0 Å². The van der Waals surface area contributed by atoms with Crippen LogP contribution in [0.3, 0.4) is 0 Å². The van der Waals surface area contributed by atoms with Crippen molar-refractivity contribution in [2.45, 2.75) is 91.6 Å². The summed E-state index contributed by atoms with van der Waals surface area (Å²) in [6.07, 6.45) is -0.875. The van der Waals surface area contributed by atoms with Crippen LogP contribution in [0, 0.1) is 0 Å². The summed E-state index contributed by atoms with van der Waals surface area (Å²) in [5.74, 6) is 0. The lowest BCUT2D eigenvalue weighted by molar-refractivity contribution is 0.0291. The van der Waals surface area contributed by atoms with E-state index >= 15 is 0 Å². The molecular weight excluding hydrogens is 598 g/mol. The number of rotatable bonds is 12. The standard InChI is InChI=1S/C30H40B2N4O10/c1-17(2)45-32(20-10-12-24-22(16-20)34-25(42-24)35-27(37)43-29(4,5)6)46-18(3)13-14-30(7,8)44-28(38)36-26-33-21-15-19(31(39)40)9-11-23(21)41-26/h9-12,15-18,39-40H,13-14H2,1-8H3,(H,33,36,38)(H,34,35,37). The summed E-state index contributed by atoms with van der Waals surface area (Å²) in [7, 11) is -2.38. The molecule has 0 aliphatic rings. The number of benzene rings is 2. The molecule has 0 bridgehead atoms. The van der Waals surface area contributed by atoms with Crippen molar-refractivity contribution in [3.05, 3.63) is 36.4 Å². The molecule has 4 aromatic rings. The third kappa shape index (κ3) is 9.94. The van der Waals surface area contributed by atoms with Crippen molar-refractivity contribution in [1.29, 1.82) is 0 Å². The van der Waals surface area contributed by atoms with Gasteiger partial charge in [-0.25, -0.2) is 20.2 Å². The fourth-order valence-electron chi connectivity index (χ4n) is 4.38. The molecule has 0 saturated heterocycles. The number of carbonyl (C=O) groups excluding carboxylic acids is 2. The number of anilines is 2. The Kier molecular flexibility index (Phi) is 10.7. The molecular formula is C30H40B2N4O10. The highest BCUT2D eigenvalue weighted by atomic mass is 16.6. The lowest BCUT2D eigenvalue weighted by atomic mass is 9.77. The molecule has 246 valence electrons. The topological polar surface area (TPSA) is 188 Å². The van der Waals surface area contributed by atoms with Gasteiger partial charge in [-0.2, -0.15) is 9.97 Å². The number of ether oxygens (including phenoxy) is 2. The van der Waals surface area contributed by atoms with E-state index in [9.17, 15) is 19.6 Å². The van der Waals surface area contributed by atoms with Crippen LogP contribution in [-0.2, 0) is 18.8 Å². The summed E-state index contributed by atoms with van der Waals surface area (Å²) in [5.41, 5.74) is 1.10. The van der Waals surface area contributed by atoms with E-state index in [4.69, 9.17) is 27.6 Å². The van der Waals surface area contributed by atoms with Crippen molar-refractivity contribution >= 4 is 71.6 Å². The van der Waals surface area contributed by atoms with E-state index in [1.54, 1.807) is 52.8 Å². The lowest BCUT2D eigenvalue weighted by Gasteiger charge is -2.27. The highest BCUT2D eigenvalue weighted by Gasteiger charge is 2.30. The number of nitrogens with one attached hydrogen (secondary N) is 2. The van der Waals surface area contributed by atoms with Gasteiger partial charge in [-0.05, 0) is 103 Å². The Balaban J connectivity index is 1.34. The quantitative estimate of drug-likeness (QED) is 0.161. The molecule has 0 fully saturated rings. The molecule has 0 radical (unpaired) electrons. The van der Waals surface area contributed by atoms with Crippen LogP contribution in [0.25, 0.3) is 22.2 Å². The van der Waals surface area contributed by atoms with Crippen LogP contribution in [0.5, 0.6) is 0 Å². The first-order valence-corrected chi connectivity index (χ1v) is 14.9. The third-order valence-electron chi connectivity index (χ3n) is 6.48. The molecule has 0 saturated carbocycles. The van der Waals surface area contributed by atoms with E-state index in [0.29, 0.717) is 40.5 Å².